The molecule has 0 aromatic heterocycles. The lowest BCUT2D eigenvalue weighted by Gasteiger charge is -2.13. The van der Waals surface area contributed by atoms with Gasteiger partial charge in [-0.25, -0.2) is 0 Å². The molecular weight excluding hydrogens is 294 g/mol. The molecule has 0 aliphatic carbocycles. The molecule has 3 nitrogen and oxygen atoms in total. The minimum absolute atomic E-state index is 0.0146. The lowest BCUT2D eigenvalue weighted by Crippen LogP contribution is -2.22. The van der Waals surface area contributed by atoms with Gasteiger partial charge in [0.15, 0.2) is 0 Å². The van der Waals surface area contributed by atoms with Gasteiger partial charge in [0.2, 0.25) is 5.91 Å². The predicted octanol–water partition coefficient (Wildman–Crippen LogP) is 4.51. The van der Waals surface area contributed by atoms with Crippen molar-refractivity contribution in [3.63, 3.8) is 0 Å². The number of nitrogens with one attached hydrogen (secondary N) is 1. The Morgan fingerprint density at radius 3 is 2.64 bits per heavy atom. The third-order valence-corrected chi connectivity index (χ3v) is 4.23. The Hall–Kier alpha value is -1.94. The normalized spacial score (nSPS) is 11.8. The van der Waals surface area contributed by atoms with Gasteiger partial charge in [-0.05, 0) is 45.0 Å². The molecule has 0 heterocycles. The fourth-order valence-corrected chi connectivity index (χ4v) is 2.82. The molecule has 0 spiro atoms. The van der Waals surface area contributed by atoms with Crippen LogP contribution in [0, 0.1) is 6.92 Å². The van der Waals surface area contributed by atoms with Crippen molar-refractivity contribution in [1.82, 2.24) is 0 Å². The summed E-state index contributed by atoms with van der Waals surface area (Å²) in [6.45, 7) is 6.50. The lowest BCUT2D eigenvalue weighted by atomic mass is 10.2. The van der Waals surface area contributed by atoms with Gasteiger partial charge >= 0.3 is 0 Å². The topological polar surface area (TPSA) is 38.3 Å². The molecule has 1 unspecified atom stereocenters. The van der Waals surface area contributed by atoms with Crippen LogP contribution in [0.4, 0.5) is 5.69 Å². The van der Waals surface area contributed by atoms with Gasteiger partial charge in [-0.15, -0.1) is 11.8 Å². The molecule has 0 saturated heterocycles. The highest BCUT2D eigenvalue weighted by Crippen LogP contribution is 2.25. The quantitative estimate of drug-likeness (QED) is 0.797. The zero-order valence-corrected chi connectivity index (χ0v) is 13.9. The van der Waals surface area contributed by atoms with Crippen LogP contribution in [0.5, 0.6) is 5.75 Å². The molecule has 2 rings (SSSR count). The van der Waals surface area contributed by atoms with Crippen molar-refractivity contribution < 1.29 is 9.53 Å². The molecule has 0 aliphatic rings. The van der Waals surface area contributed by atoms with E-state index in [2.05, 4.69) is 24.4 Å². The second-order valence-electron chi connectivity index (χ2n) is 5.02. The fourth-order valence-electron chi connectivity index (χ4n) is 1.95. The maximum absolute atomic E-state index is 12.3. The highest BCUT2D eigenvalue weighted by Gasteiger charge is 2.14. The minimum Gasteiger partial charge on any atom is -0.494 e. The zero-order valence-electron chi connectivity index (χ0n) is 13.1. The van der Waals surface area contributed by atoms with Crippen LogP contribution in [-0.4, -0.2) is 17.8 Å². The third-order valence-electron chi connectivity index (χ3n) is 3.12. The molecule has 4 heteroatoms. The monoisotopic (exact) mass is 315 g/mol. The molecule has 0 aliphatic heterocycles. The molecule has 1 N–H and O–H groups in total. The number of amides is 1. The van der Waals surface area contributed by atoms with Gasteiger partial charge in [-0.3, -0.25) is 4.79 Å². The van der Waals surface area contributed by atoms with E-state index in [1.54, 1.807) is 11.8 Å². The van der Waals surface area contributed by atoms with Gasteiger partial charge < -0.3 is 10.1 Å². The Kier molecular flexibility index (Phi) is 5.90. The van der Waals surface area contributed by atoms with Gasteiger partial charge in [-0.1, -0.05) is 23.8 Å². The first kappa shape index (κ1) is 16.4. The highest BCUT2D eigenvalue weighted by molar-refractivity contribution is 8.00. The summed E-state index contributed by atoms with van der Waals surface area (Å²) >= 11 is 1.55. The first-order chi connectivity index (χ1) is 10.6. The summed E-state index contributed by atoms with van der Waals surface area (Å²) in [4.78, 5) is 13.4. The molecule has 116 valence electrons. The summed E-state index contributed by atoms with van der Waals surface area (Å²) < 4.78 is 5.44. The van der Waals surface area contributed by atoms with E-state index in [9.17, 15) is 4.79 Å². The van der Waals surface area contributed by atoms with Crippen LogP contribution in [0.2, 0.25) is 0 Å². The Labute approximate surface area is 136 Å². The fraction of sp³-hybridized carbons (Fsp3) is 0.278. The van der Waals surface area contributed by atoms with E-state index in [1.165, 1.54) is 5.56 Å². The van der Waals surface area contributed by atoms with Crippen molar-refractivity contribution in [3.8, 4) is 5.75 Å². The van der Waals surface area contributed by atoms with Gasteiger partial charge in [0.1, 0.15) is 5.75 Å². The van der Waals surface area contributed by atoms with Crippen molar-refractivity contribution >= 4 is 23.4 Å². The Balaban J connectivity index is 1.96. The SMILES string of the molecule is CCOc1cccc(NC(=O)C(C)Sc2ccc(C)cc2)c1. The number of hydrogen-bond acceptors (Lipinski definition) is 3. The minimum atomic E-state index is -0.168. The summed E-state index contributed by atoms with van der Waals surface area (Å²) in [5, 5.41) is 2.76. The van der Waals surface area contributed by atoms with Gasteiger partial charge in [0, 0.05) is 16.6 Å². The highest BCUT2D eigenvalue weighted by atomic mass is 32.2. The largest absolute Gasteiger partial charge is 0.494 e. The number of carbonyl (C=O) groups is 1. The van der Waals surface area contributed by atoms with Gasteiger partial charge in [0.25, 0.3) is 0 Å². The van der Waals surface area contributed by atoms with E-state index < -0.39 is 0 Å². The molecule has 22 heavy (non-hydrogen) atoms. The van der Waals surface area contributed by atoms with E-state index in [4.69, 9.17) is 4.74 Å². The number of hydrogen-bond donors (Lipinski definition) is 1. The molecule has 0 saturated carbocycles. The van der Waals surface area contributed by atoms with Crippen LogP contribution in [0.3, 0.4) is 0 Å². The standard InChI is InChI=1S/C18H21NO2S/c1-4-21-16-7-5-6-15(12-16)19-18(20)14(3)22-17-10-8-13(2)9-11-17/h5-12,14H,4H2,1-3H3,(H,19,20). The van der Waals surface area contributed by atoms with E-state index in [0.717, 1.165) is 16.3 Å². The van der Waals surface area contributed by atoms with E-state index >= 15 is 0 Å². The molecular formula is C18H21NO2S. The maximum atomic E-state index is 12.3. The average Bonchev–Trinajstić information content (AvgIpc) is 2.50. The van der Waals surface area contributed by atoms with Crippen LogP contribution in [0.1, 0.15) is 19.4 Å². The first-order valence-corrected chi connectivity index (χ1v) is 8.23. The Bertz CT molecular complexity index is 625. The van der Waals surface area contributed by atoms with Crippen LogP contribution in [0.15, 0.2) is 53.4 Å². The second-order valence-corrected chi connectivity index (χ2v) is 6.44. The van der Waals surface area contributed by atoms with Crippen molar-refractivity contribution in [3.05, 3.63) is 54.1 Å². The number of benzene rings is 2. The van der Waals surface area contributed by atoms with Gasteiger partial charge in [0.05, 0.1) is 11.9 Å². The van der Waals surface area contributed by atoms with Crippen molar-refractivity contribution in [2.45, 2.75) is 30.9 Å². The number of carbonyl (C=O) groups excluding carboxylic acids is 1. The predicted molar refractivity (Wildman–Crippen MR) is 92.7 cm³/mol. The van der Waals surface area contributed by atoms with Gasteiger partial charge in [-0.2, -0.15) is 0 Å². The van der Waals surface area contributed by atoms with Crippen LogP contribution in [-0.2, 0) is 4.79 Å². The Morgan fingerprint density at radius 2 is 1.95 bits per heavy atom. The number of thioether (sulfide) groups is 1. The molecule has 0 fully saturated rings. The Morgan fingerprint density at radius 1 is 1.23 bits per heavy atom. The summed E-state index contributed by atoms with van der Waals surface area (Å²) in [5.74, 6) is 0.748. The molecule has 1 atom stereocenters. The summed E-state index contributed by atoms with van der Waals surface area (Å²) in [6.07, 6.45) is 0. The molecule has 1 amide bonds. The molecule has 2 aromatic carbocycles. The van der Waals surface area contributed by atoms with Crippen molar-refractivity contribution in [2.75, 3.05) is 11.9 Å². The number of rotatable bonds is 6. The van der Waals surface area contributed by atoms with E-state index in [1.807, 2.05) is 50.2 Å². The second kappa shape index (κ2) is 7.90. The number of aryl methyl sites for hydroxylation is 1. The summed E-state index contributed by atoms with van der Waals surface area (Å²) in [7, 11) is 0. The van der Waals surface area contributed by atoms with Crippen LogP contribution in [0.25, 0.3) is 0 Å². The van der Waals surface area contributed by atoms with Crippen LogP contribution < -0.4 is 10.1 Å². The molecule has 0 radical (unpaired) electrons. The van der Waals surface area contributed by atoms with Crippen molar-refractivity contribution in [2.24, 2.45) is 0 Å². The summed E-state index contributed by atoms with van der Waals surface area (Å²) in [6, 6.07) is 15.6. The van der Waals surface area contributed by atoms with E-state index in [0.29, 0.717) is 6.61 Å². The smallest absolute Gasteiger partial charge is 0.237 e. The lowest BCUT2D eigenvalue weighted by molar-refractivity contribution is -0.115. The first-order valence-electron chi connectivity index (χ1n) is 7.35. The van der Waals surface area contributed by atoms with E-state index in [-0.39, 0.29) is 11.2 Å². The number of anilines is 1. The summed E-state index contributed by atoms with van der Waals surface area (Å²) in [5.41, 5.74) is 1.97. The maximum Gasteiger partial charge on any atom is 0.237 e. The number of ether oxygens (including phenoxy) is 1. The van der Waals surface area contributed by atoms with Crippen LogP contribution >= 0.6 is 11.8 Å². The molecule has 0 bridgehead atoms. The third kappa shape index (κ3) is 4.81. The van der Waals surface area contributed by atoms with Crippen molar-refractivity contribution in [1.29, 1.82) is 0 Å². The molecule has 2 aromatic rings. The zero-order chi connectivity index (χ0) is 15.9. The average molecular weight is 315 g/mol.